The third kappa shape index (κ3) is 9.86. The molecule has 0 aromatic heterocycles. The highest BCUT2D eigenvalue weighted by atomic mass is 79.9. The van der Waals surface area contributed by atoms with E-state index in [4.69, 9.17) is 13.6 Å². The second-order valence-electron chi connectivity index (χ2n) is 15.5. The highest BCUT2D eigenvalue weighted by Gasteiger charge is 2.46. The third-order valence-corrected chi connectivity index (χ3v) is 19.4. The smallest absolute Gasteiger partial charge is 0.309 e. The molecule has 3 rings (SSSR count). The van der Waals surface area contributed by atoms with E-state index >= 15 is 0 Å². The summed E-state index contributed by atoms with van der Waals surface area (Å²) in [6.07, 6.45) is -1.44. The van der Waals surface area contributed by atoms with Crippen molar-refractivity contribution in [1.82, 2.24) is 0 Å². The molecule has 3 atom stereocenters. The molecule has 0 fully saturated rings. The Morgan fingerprint density at radius 3 is 1.55 bits per heavy atom. The number of esters is 1. The number of hydrogen-bond donors (Lipinski definition) is 1. The summed E-state index contributed by atoms with van der Waals surface area (Å²) in [5.41, 5.74) is 0.277. The summed E-state index contributed by atoms with van der Waals surface area (Å²) in [7, 11) is -4.51. The van der Waals surface area contributed by atoms with E-state index in [1.807, 2.05) is 91.0 Å². The molecule has 0 unspecified atom stereocenters. The molecule has 0 spiro atoms. The van der Waals surface area contributed by atoms with Gasteiger partial charge in [-0.1, -0.05) is 155 Å². The monoisotopic (exact) mass is 738 g/mol. The van der Waals surface area contributed by atoms with Gasteiger partial charge >= 0.3 is 5.97 Å². The lowest BCUT2D eigenvalue weighted by atomic mass is 9.79. The highest BCUT2D eigenvalue weighted by molar-refractivity contribution is 9.11. The van der Waals surface area contributed by atoms with Crippen molar-refractivity contribution in [2.75, 3.05) is 0 Å². The van der Waals surface area contributed by atoms with Crippen LogP contribution in [0.5, 0.6) is 0 Å². The van der Waals surface area contributed by atoms with Crippen LogP contribution in [-0.4, -0.2) is 39.9 Å². The molecule has 0 heterocycles. The van der Waals surface area contributed by atoms with E-state index in [9.17, 15) is 9.90 Å². The van der Waals surface area contributed by atoms with Gasteiger partial charge in [-0.15, -0.1) is 0 Å². The van der Waals surface area contributed by atoms with Crippen molar-refractivity contribution < 1.29 is 23.5 Å². The molecule has 0 aliphatic carbocycles. The first-order valence-corrected chi connectivity index (χ1v) is 23.1. The highest BCUT2D eigenvalue weighted by Crippen LogP contribution is 2.45. The van der Waals surface area contributed by atoms with E-state index in [1.165, 1.54) is 0 Å². The molecule has 0 saturated carbocycles. The maximum absolute atomic E-state index is 14.2. The van der Waals surface area contributed by atoms with Gasteiger partial charge in [0.1, 0.15) is 0 Å². The van der Waals surface area contributed by atoms with Gasteiger partial charge in [-0.3, -0.25) is 4.79 Å². The van der Waals surface area contributed by atoms with Crippen molar-refractivity contribution in [3.8, 4) is 0 Å². The van der Waals surface area contributed by atoms with Gasteiger partial charge in [0, 0.05) is 10.9 Å². The van der Waals surface area contributed by atoms with Crippen molar-refractivity contribution in [3.05, 3.63) is 119 Å². The molecule has 8 heteroatoms. The van der Waals surface area contributed by atoms with Crippen molar-refractivity contribution in [2.45, 2.75) is 115 Å². The first kappa shape index (κ1) is 39.1. The first-order chi connectivity index (χ1) is 21.7. The topological polar surface area (TPSA) is 65.0 Å². The summed E-state index contributed by atoms with van der Waals surface area (Å²) in [5, 5.41) is 12.6. The van der Waals surface area contributed by atoms with Gasteiger partial charge in [0.15, 0.2) is 28.3 Å². The zero-order valence-corrected chi connectivity index (χ0v) is 33.6. The minimum absolute atomic E-state index is 0.00680. The first-order valence-electron chi connectivity index (χ1n) is 16.5. The van der Waals surface area contributed by atoms with Gasteiger partial charge in [0.05, 0.1) is 18.6 Å². The van der Waals surface area contributed by atoms with Gasteiger partial charge in [0.2, 0.25) is 0 Å². The Bertz CT molecular complexity index is 1410. The number of carbonyl (C=O) groups is 1. The number of halogens is 1. The van der Waals surface area contributed by atoms with Crippen LogP contribution in [0.1, 0.15) is 77.2 Å². The summed E-state index contributed by atoms with van der Waals surface area (Å²) < 4.78 is 20.9. The molecule has 0 aliphatic rings. The molecule has 0 amide bonds. The second kappa shape index (κ2) is 15.5. The molecule has 0 aliphatic heterocycles. The van der Waals surface area contributed by atoms with E-state index < -0.39 is 40.4 Å². The van der Waals surface area contributed by atoms with Crippen LogP contribution in [0.25, 0.3) is 0 Å². The largest absolute Gasteiger partial charge is 0.454 e. The average molecular weight is 740 g/mol. The summed E-state index contributed by atoms with van der Waals surface area (Å²) >= 11 is 3.63. The number of ether oxygens (including phenoxy) is 1. The number of hydrogen-bond acceptors (Lipinski definition) is 5. The van der Waals surface area contributed by atoms with Crippen molar-refractivity contribution in [2.24, 2.45) is 0 Å². The summed E-state index contributed by atoms with van der Waals surface area (Å²) in [4.78, 5) is 14.2. The van der Waals surface area contributed by atoms with Crippen LogP contribution in [0.4, 0.5) is 0 Å². The van der Waals surface area contributed by atoms with Gasteiger partial charge in [-0.2, -0.15) is 0 Å². The standard InChI is InChI=1S/C39H55BrO5Si2/c1-29(40)34(45-47(10,11)38(5,6)7)27-33(44-46(8,9)37(2,3)4)28-35(41)43-36(30-21-15-12-16-22-30)39(42,31-23-17-13-18-24-31)32-25-19-14-20-26-32/h12-26,33-34,36,42H,1,27-28H2,2-11H3/t33-,34-,36+/m0/s1. The van der Waals surface area contributed by atoms with Crippen LogP contribution in [0.3, 0.4) is 0 Å². The fourth-order valence-corrected chi connectivity index (χ4v) is 8.14. The molecule has 47 heavy (non-hydrogen) atoms. The molecule has 3 aromatic carbocycles. The SMILES string of the molecule is C=C(Br)[C@H](C[C@@H](CC(=O)O[C@H](c1ccccc1)C(O)(c1ccccc1)c1ccccc1)O[Si](C)(C)C(C)(C)C)O[Si](C)(C)C(C)(C)C. The maximum Gasteiger partial charge on any atom is 0.309 e. The number of carbonyl (C=O) groups excluding carboxylic acids is 1. The van der Waals surface area contributed by atoms with Crippen LogP contribution in [0.2, 0.25) is 36.3 Å². The lowest BCUT2D eigenvalue weighted by molar-refractivity contribution is -0.165. The molecule has 0 bridgehead atoms. The van der Waals surface area contributed by atoms with Gasteiger partial charge in [-0.25, -0.2) is 0 Å². The predicted molar refractivity (Wildman–Crippen MR) is 203 cm³/mol. The zero-order chi connectivity index (χ0) is 35.3. The van der Waals surface area contributed by atoms with E-state index in [-0.39, 0.29) is 22.6 Å². The van der Waals surface area contributed by atoms with Crippen LogP contribution < -0.4 is 0 Å². The summed E-state index contributed by atoms with van der Waals surface area (Å²) in [6.45, 7) is 26.2. The van der Waals surface area contributed by atoms with E-state index in [1.54, 1.807) is 0 Å². The number of rotatable bonds is 14. The minimum atomic E-state index is -2.32. The molecule has 0 radical (unpaired) electrons. The van der Waals surface area contributed by atoms with Crippen molar-refractivity contribution in [3.63, 3.8) is 0 Å². The molecule has 3 aromatic rings. The second-order valence-corrected chi connectivity index (χ2v) is 26.1. The third-order valence-electron chi connectivity index (χ3n) is 9.89. The fourth-order valence-electron chi connectivity index (χ4n) is 5.02. The van der Waals surface area contributed by atoms with Gasteiger partial charge < -0.3 is 18.7 Å². The Kier molecular flexibility index (Phi) is 12.9. The Balaban J connectivity index is 2.05. The van der Waals surface area contributed by atoms with Gasteiger partial charge in [0.25, 0.3) is 0 Å². The normalized spacial score (nSPS) is 15.1. The molecule has 5 nitrogen and oxygen atoms in total. The molecule has 0 saturated heterocycles. The fraction of sp³-hybridized carbons (Fsp3) is 0.462. The zero-order valence-electron chi connectivity index (χ0n) is 30.0. The maximum atomic E-state index is 14.2. The lowest BCUT2D eigenvalue weighted by Crippen LogP contribution is -2.48. The molecular formula is C39H55BrO5Si2. The summed E-state index contributed by atoms with van der Waals surface area (Å²) in [6, 6.07) is 28.3. The van der Waals surface area contributed by atoms with Crippen molar-refractivity contribution in [1.29, 1.82) is 0 Å². The average Bonchev–Trinajstić information content (AvgIpc) is 2.99. The molecular weight excluding hydrogens is 685 g/mol. The van der Waals surface area contributed by atoms with Crippen molar-refractivity contribution >= 4 is 38.5 Å². The quantitative estimate of drug-likeness (QED) is 0.132. The predicted octanol–water partition coefficient (Wildman–Crippen LogP) is 10.7. The lowest BCUT2D eigenvalue weighted by Gasteiger charge is -2.42. The molecule has 1 N–H and O–H groups in total. The Morgan fingerprint density at radius 1 is 0.745 bits per heavy atom. The minimum Gasteiger partial charge on any atom is -0.454 e. The number of aliphatic hydroxyl groups is 1. The van der Waals surface area contributed by atoms with E-state index in [0.29, 0.717) is 23.1 Å². The number of benzene rings is 3. The summed E-state index contributed by atoms with van der Waals surface area (Å²) in [5.74, 6) is -0.459. The van der Waals surface area contributed by atoms with E-state index in [0.717, 1.165) is 4.48 Å². The van der Waals surface area contributed by atoms with Crippen LogP contribution in [-0.2, 0) is 24.0 Å². The van der Waals surface area contributed by atoms with Gasteiger partial charge in [-0.05, 0) is 53.0 Å². The van der Waals surface area contributed by atoms with Crippen LogP contribution in [0.15, 0.2) is 102 Å². The van der Waals surface area contributed by atoms with Crippen LogP contribution in [0, 0.1) is 0 Å². The Hall–Kier alpha value is -2.34. The van der Waals surface area contributed by atoms with E-state index in [2.05, 4.69) is 90.2 Å². The Labute approximate surface area is 294 Å². The molecule has 256 valence electrons. The Morgan fingerprint density at radius 2 is 1.15 bits per heavy atom. The van der Waals surface area contributed by atoms with Crippen LogP contribution >= 0.6 is 15.9 Å².